The van der Waals surface area contributed by atoms with Crippen LogP contribution >= 0.6 is 0 Å². The van der Waals surface area contributed by atoms with Gasteiger partial charge in [0.15, 0.2) is 0 Å². The normalized spacial score (nSPS) is 20.9. The second-order valence-corrected chi connectivity index (χ2v) is 5.41. The van der Waals surface area contributed by atoms with Crippen molar-refractivity contribution in [2.45, 2.75) is 84.2 Å². The highest BCUT2D eigenvalue weighted by atomic mass is 16.6. The Kier molecular flexibility index (Phi) is 6.01. The Morgan fingerprint density at radius 3 is 2.29 bits per heavy atom. The van der Waals surface area contributed by atoms with Gasteiger partial charge in [0, 0.05) is 0 Å². The third-order valence-corrected chi connectivity index (χ3v) is 4.19. The van der Waals surface area contributed by atoms with Gasteiger partial charge in [-0.3, -0.25) is 4.79 Å². The van der Waals surface area contributed by atoms with E-state index >= 15 is 0 Å². The summed E-state index contributed by atoms with van der Waals surface area (Å²) in [6, 6.07) is 0. The molecule has 17 heavy (non-hydrogen) atoms. The number of carbonyl (C=O) groups is 1. The van der Waals surface area contributed by atoms with E-state index in [1.54, 1.807) is 0 Å². The highest BCUT2D eigenvalue weighted by molar-refractivity contribution is 5.72. The predicted octanol–water partition coefficient (Wildman–Crippen LogP) is 4.47. The Morgan fingerprint density at radius 1 is 1.18 bits per heavy atom. The molecule has 0 aromatic carbocycles. The van der Waals surface area contributed by atoms with Crippen LogP contribution in [-0.2, 0) is 9.53 Å². The molecule has 1 saturated carbocycles. The van der Waals surface area contributed by atoms with E-state index in [9.17, 15) is 4.79 Å². The molecule has 1 fully saturated rings. The van der Waals surface area contributed by atoms with Crippen molar-refractivity contribution in [1.29, 1.82) is 0 Å². The van der Waals surface area contributed by atoms with Crippen molar-refractivity contribution in [1.82, 2.24) is 0 Å². The largest absolute Gasteiger partial charge is 0.459 e. The fourth-order valence-corrected chi connectivity index (χ4v) is 2.86. The van der Waals surface area contributed by atoms with Gasteiger partial charge < -0.3 is 4.74 Å². The number of rotatable bonds is 6. The van der Waals surface area contributed by atoms with Crippen LogP contribution in [0.15, 0.2) is 0 Å². The van der Waals surface area contributed by atoms with Crippen LogP contribution < -0.4 is 0 Å². The topological polar surface area (TPSA) is 26.3 Å². The molecule has 0 amide bonds. The van der Waals surface area contributed by atoms with Gasteiger partial charge in [-0.1, -0.05) is 33.6 Å². The summed E-state index contributed by atoms with van der Waals surface area (Å²) in [5.41, 5.74) is -0.128. The van der Waals surface area contributed by atoms with Crippen LogP contribution in [0.2, 0.25) is 0 Å². The Hall–Kier alpha value is -0.530. The lowest BCUT2D eigenvalue weighted by Gasteiger charge is -2.37. The lowest BCUT2D eigenvalue weighted by Crippen LogP contribution is -2.38. The molecule has 0 bridgehead atoms. The maximum Gasteiger partial charge on any atom is 0.309 e. The van der Waals surface area contributed by atoms with Gasteiger partial charge in [0.25, 0.3) is 0 Å². The maximum absolute atomic E-state index is 12.2. The number of hydrogen-bond acceptors (Lipinski definition) is 2. The molecule has 1 unspecified atom stereocenters. The van der Waals surface area contributed by atoms with Crippen LogP contribution in [0.5, 0.6) is 0 Å². The molecule has 0 aliphatic heterocycles. The monoisotopic (exact) mass is 240 g/mol. The maximum atomic E-state index is 12.2. The minimum atomic E-state index is -0.128. The van der Waals surface area contributed by atoms with E-state index in [1.165, 1.54) is 19.3 Å². The quantitative estimate of drug-likeness (QED) is 0.640. The van der Waals surface area contributed by atoms with Crippen molar-refractivity contribution in [3.05, 3.63) is 0 Å². The van der Waals surface area contributed by atoms with E-state index in [0.29, 0.717) is 0 Å². The first-order chi connectivity index (χ1) is 8.17. The van der Waals surface area contributed by atoms with Crippen molar-refractivity contribution in [2.24, 2.45) is 5.92 Å². The van der Waals surface area contributed by atoms with E-state index < -0.39 is 0 Å². The SMILES string of the molecule is CCCC(CC)C(=O)OC1(CC)CCCCC1. The highest BCUT2D eigenvalue weighted by Crippen LogP contribution is 2.35. The standard InChI is InChI=1S/C15H28O2/c1-4-10-13(5-2)14(16)17-15(6-3)11-8-7-9-12-15/h13H,4-12H2,1-3H3. The van der Waals surface area contributed by atoms with E-state index in [0.717, 1.165) is 38.5 Å². The van der Waals surface area contributed by atoms with Gasteiger partial charge in [-0.2, -0.15) is 0 Å². The summed E-state index contributed by atoms with van der Waals surface area (Å²) < 4.78 is 5.89. The van der Waals surface area contributed by atoms with Gasteiger partial charge in [-0.15, -0.1) is 0 Å². The minimum Gasteiger partial charge on any atom is -0.459 e. The molecule has 1 atom stereocenters. The van der Waals surface area contributed by atoms with Gasteiger partial charge in [-0.25, -0.2) is 0 Å². The second-order valence-electron chi connectivity index (χ2n) is 5.41. The Bertz CT molecular complexity index is 229. The summed E-state index contributed by atoms with van der Waals surface area (Å²) >= 11 is 0. The molecule has 1 aliphatic rings. The van der Waals surface area contributed by atoms with Crippen LogP contribution in [0.25, 0.3) is 0 Å². The van der Waals surface area contributed by atoms with Crippen molar-refractivity contribution >= 4 is 5.97 Å². The molecule has 2 nitrogen and oxygen atoms in total. The zero-order valence-electron chi connectivity index (χ0n) is 11.8. The molecule has 0 N–H and O–H groups in total. The third kappa shape index (κ3) is 4.01. The second kappa shape index (κ2) is 7.03. The molecule has 0 saturated heterocycles. The molecular weight excluding hydrogens is 212 g/mol. The average Bonchev–Trinajstić information content (AvgIpc) is 2.36. The lowest BCUT2D eigenvalue weighted by atomic mass is 9.82. The summed E-state index contributed by atoms with van der Waals surface area (Å²) in [4.78, 5) is 12.2. The first kappa shape index (κ1) is 14.5. The minimum absolute atomic E-state index is 0.0538. The molecule has 100 valence electrons. The highest BCUT2D eigenvalue weighted by Gasteiger charge is 2.35. The summed E-state index contributed by atoms with van der Waals surface area (Å²) in [5, 5.41) is 0. The van der Waals surface area contributed by atoms with E-state index in [-0.39, 0.29) is 17.5 Å². The van der Waals surface area contributed by atoms with Gasteiger partial charge in [0.2, 0.25) is 0 Å². The molecular formula is C15H28O2. The summed E-state index contributed by atoms with van der Waals surface area (Å²) in [7, 11) is 0. The fourth-order valence-electron chi connectivity index (χ4n) is 2.86. The zero-order chi connectivity index (χ0) is 12.7. The number of carbonyl (C=O) groups excluding carboxylic acids is 1. The zero-order valence-corrected chi connectivity index (χ0v) is 11.8. The molecule has 1 rings (SSSR count). The van der Waals surface area contributed by atoms with Crippen molar-refractivity contribution in [3.8, 4) is 0 Å². The van der Waals surface area contributed by atoms with E-state index in [1.807, 2.05) is 0 Å². The first-order valence-corrected chi connectivity index (χ1v) is 7.40. The van der Waals surface area contributed by atoms with Crippen LogP contribution in [0.3, 0.4) is 0 Å². The van der Waals surface area contributed by atoms with Crippen molar-refractivity contribution < 1.29 is 9.53 Å². The number of esters is 1. The smallest absolute Gasteiger partial charge is 0.309 e. The fraction of sp³-hybridized carbons (Fsp3) is 0.933. The molecule has 0 spiro atoms. The predicted molar refractivity (Wildman–Crippen MR) is 70.9 cm³/mol. The van der Waals surface area contributed by atoms with Gasteiger partial charge in [-0.05, 0) is 44.9 Å². The van der Waals surface area contributed by atoms with Gasteiger partial charge in [0.05, 0.1) is 5.92 Å². The molecule has 0 heterocycles. The van der Waals surface area contributed by atoms with E-state index in [2.05, 4.69) is 20.8 Å². The Labute approximate surface area is 106 Å². The summed E-state index contributed by atoms with van der Waals surface area (Å²) in [6.45, 7) is 6.37. The first-order valence-electron chi connectivity index (χ1n) is 7.40. The lowest BCUT2D eigenvalue weighted by molar-refractivity contribution is -0.169. The summed E-state index contributed by atoms with van der Waals surface area (Å²) in [6.07, 6.45) is 9.77. The molecule has 2 heteroatoms. The van der Waals surface area contributed by atoms with Crippen LogP contribution in [-0.4, -0.2) is 11.6 Å². The molecule has 0 radical (unpaired) electrons. The van der Waals surface area contributed by atoms with Gasteiger partial charge >= 0.3 is 5.97 Å². The summed E-state index contributed by atoms with van der Waals surface area (Å²) in [5.74, 6) is 0.170. The molecule has 1 aliphatic carbocycles. The number of hydrogen-bond donors (Lipinski definition) is 0. The van der Waals surface area contributed by atoms with Crippen molar-refractivity contribution in [3.63, 3.8) is 0 Å². The van der Waals surface area contributed by atoms with Gasteiger partial charge in [0.1, 0.15) is 5.60 Å². The van der Waals surface area contributed by atoms with Crippen molar-refractivity contribution in [2.75, 3.05) is 0 Å². The Balaban J connectivity index is 2.57. The van der Waals surface area contributed by atoms with Crippen LogP contribution in [0, 0.1) is 5.92 Å². The third-order valence-electron chi connectivity index (χ3n) is 4.19. The van der Waals surface area contributed by atoms with Crippen LogP contribution in [0.4, 0.5) is 0 Å². The Morgan fingerprint density at radius 2 is 1.82 bits per heavy atom. The molecule has 0 aromatic heterocycles. The average molecular weight is 240 g/mol. The van der Waals surface area contributed by atoms with Crippen LogP contribution in [0.1, 0.15) is 78.6 Å². The number of ether oxygens (including phenoxy) is 1. The molecule has 0 aromatic rings. The van der Waals surface area contributed by atoms with E-state index in [4.69, 9.17) is 4.74 Å².